The molecule has 0 atom stereocenters. The summed E-state index contributed by atoms with van der Waals surface area (Å²) < 4.78 is 5.48. The van der Waals surface area contributed by atoms with Gasteiger partial charge in [-0.25, -0.2) is 0 Å². The highest BCUT2D eigenvalue weighted by Crippen LogP contribution is 2.18. The lowest BCUT2D eigenvalue weighted by Gasteiger charge is -2.13. The molecule has 0 amide bonds. The van der Waals surface area contributed by atoms with Crippen LogP contribution in [0.2, 0.25) is 0 Å². The zero-order valence-electron chi connectivity index (χ0n) is 8.24. The molecule has 0 saturated heterocycles. The number of hydrogen-bond acceptors (Lipinski definition) is 3. The van der Waals surface area contributed by atoms with Crippen molar-refractivity contribution in [3.63, 3.8) is 0 Å². The maximum Gasteiger partial charge on any atom is 0.153 e. The molecule has 0 heterocycles. The van der Waals surface area contributed by atoms with Crippen molar-refractivity contribution in [3.05, 3.63) is 29.8 Å². The average molecular weight is 194 g/mol. The first-order valence-corrected chi connectivity index (χ1v) is 4.40. The van der Waals surface area contributed by atoms with E-state index in [1.165, 1.54) is 0 Å². The largest absolute Gasteiger partial charge is 0.490 e. The van der Waals surface area contributed by atoms with Gasteiger partial charge in [0.2, 0.25) is 0 Å². The van der Waals surface area contributed by atoms with Gasteiger partial charge in [0.25, 0.3) is 0 Å². The van der Waals surface area contributed by atoms with E-state index in [2.05, 4.69) is 0 Å². The molecule has 0 radical (unpaired) electrons. The quantitative estimate of drug-likeness (QED) is 0.390. The van der Waals surface area contributed by atoms with Crippen molar-refractivity contribution in [2.75, 3.05) is 0 Å². The number of para-hydroxylation sites is 1. The van der Waals surface area contributed by atoms with Gasteiger partial charge in [-0.1, -0.05) is 12.1 Å². The Bertz CT molecular complexity index is 324. The molecule has 76 valence electrons. The Labute approximate surface area is 83.0 Å². The lowest BCUT2D eigenvalue weighted by atomic mass is 10.2. The fraction of sp³-hybridized carbons (Fsp3) is 0.300. The van der Waals surface area contributed by atoms with E-state index < -0.39 is 0 Å². The van der Waals surface area contributed by atoms with E-state index in [4.69, 9.17) is 15.4 Å². The van der Waals surface area contributed by atoms with E-state index in [1.807, 2.05) is 19.9 Å². The first-order chi connectivity index (χ1) is 6.65. The van der Waals surface area contributed by atoms with Gasteiger partial charge < -0.3 is 4.74 Å². The first-order valence-electron chi connectivity index (χ1n) is 4.40. The van der Waals surface area contributed by atoms with Crippen LogP contribution in [-0.4, -0.2) is 17.1 Å². The van der Waals surface area contributed by atoms with Crippen molar-refractivity contribution < 1.29 is 9.94 Å². The number of benzene rings is 1. The number of hydroxylamine groups is 1. The highest BCUT2D eigenvalue weighted by atomic mass is 16.5. The molecule has 1 aromatic rings. The smallest absolute Gasteiger partial charge is 0.153 e. The van der Waals surface area contributed by atoms with E-state index >= 15 is 0 Å². The third kappa shape index (κ3) is 2.47. The fourth-order valence-electron chi connectivity index (χ4n) is 1.09. The topological polar surface area (TPSA) is 65.3 Å². The highest BCUT2D eigenvalue weighted by Gasteiger charge is 2.08. The number of hydrogen-bond donors (Lipinski definition) is 3. The number of ether oxygens (including phenoxy) is 1. The standard InChI is InChI=1S/C10H14N2O2/c1-7(2)14-9-6-4-3-5-8(9)10(11)12-13/h3-7,13H,1-2H3,(H2,11,12). The molecule has 0 aliphatic carbocycles. The fourth-order valence-corrected chi connectivity index (χ4v) is 1.09. The molecule has 0 aromatic heterocycles. The van der Waals surface area contributed by atoms with Crippen LogP contribution >= 0.6 is 0 Å². The summed E-state index contributed by atoms with van der Waals surface area (Å²) in [4.78, 5) is 0. The number of amidine groups is 1. The van der Waals surface area contributed by atoms with Gasteiger partial charge in [-0.3, -0.25) is 16.1 Å². The molecule has 0 saturated carbocycles. The summed E-state index contributed by atoms with van der Waals surface area (Å²) in [6.45, 7) is 3.82. The van der Waals surface area contributed by atoms with Crippen LogP contribution in [0.1, 0.15) is 19.4 Å². The normalized spacial score (nSPS) is 10.0. The van der Waals surface area contributed by atoms with Crippen LogP contribution in [0.4, 0.5) is 0 Å². The monoisotopic (exact) mass is 194 g/mol. The van der Waals surface area contributed by atoms with Gasteiger partial charge in [-0.2, -0.15) is 0 Å². The van der Waals surface area contributed by atoms with Crippen molar-refractivity contribution in [1.82, 2.24) is 5.48 Å². The van der Waals surface area contributed by atoms with Gasteiger partial charge >= 0.3 is 0 Å². The van der Waals surface area contributed by atoms with Crippen LogP contribution in [0.5, 0.6) is 5.75 Å². The Balaban J connectivity index is 2.97. The molecule has 1 rings (SSSR count). The lowest BCUT2D eigenvalue weighted by molar-refractivity contribution is 0.229. The molecular weight excluding hydrogens is 180 g/mol. The Morgan fingerprint density at radius 1 is 1.43 bits per heavy atom. The van der Waals surface area contributed by atoms with Crippen molar-refractivity contribution in [2.24, 2.45) is 0 Å². The van der Waals surface area contributed by atoms with E-state index in [9.17, 15) is 0 Å². The van der Waals surface area contributed by atoms with Crippen LogP contribution in [0.15, 0.2) is 24.3 Å². The molecule has 0 unspecified atom stereocenters. The second-order valence-electron chi connectivity index (χ2n) is 3.15. The van der Waals surface area contributed by atoms with Crippen molar-refractivity contribution >= 4 is 5.84 Å². The summed E-state index contributed by atoms with van der Waals surface area (Å²) in [7, 11) is 0. The molecule has 0 aliphatic rings. The van der Waals surface area contributed by atoms with E-state index in [1.54, 1.807) is 23.7 Å². The third-order valence-electron chi connectivity index (χ3n) is 1.63. The minimum Gasteiger partial charge on any atom is -0.490 e. The summed E-state index contributed by atoms with van der Waals surface area (Å²) >= 11 is 0. The molecular formula is C10H14N2O2. The Kier molecular flexibility index (Phi) is 3.48. The van der Waals surface area contributed by atoms with Crippen molar-refractivity contribution in [3.8, 4) is 5.75 Å². The summed E-state index contributed by atoms with van der Waals surface area (Å²) in [5.41, 5.74) is 2.34. The van der Waals surface area contributed by atoms with Gasteiger partial charge in [-0.15, -0.1) is 0 Å². The Hall–Kier alpha value is -1.55. The van der Waals surface area contributed by atoms with Gasteiger partial charge in [0.05, 0.1) is 11.7 Å². The van der Waals surface area contributed by atoms with Crippen molar-refractivity contribution in [2.45, 2.75) is 20.0 Å². The predicted octanol–water partition coefficient (Wildman–Crippen LogP) is 1.78. The third-order valence-corrected chi connectivity index (χ3v) is 1.63. The van der Waals surface area contributed by atoms with Crippen LogP contribution in [0, 0.1) is 5.41 Å². The molecule has 1 aromatic carbocycles. The maximum absolute atomic E-state index is 8.62. The Morgan fingerprint density at radius 3 is 2.64 bits per heavy atom. The molecule has 4 nitrogen and oxygen atoms in total. The summed E-state index contributed by atoms with van der Waals surface area (Å²) in [6, 6.07) is 7.09. The van der Waals surface area contributed by atoms with Gasteiger partial charge in [0, 0.05) is 0 Å². The summed E-state index contributed by atoms with van der Waals surface area (Å²) in [5, 5.41) is 16.0. The van der Waals surface area contributed by atoms with Crippen LogP contribution in [0.3, 0.4) is 0 Å². The molecule has 0 spiro atoms. The van der Waals surface area contributed by atoms with Crippen molar-refractivity contribution in [1.29, 1.82) is 5.41 Å². The highest BCUT2D eigenvalue weighted by molar-refractivity contribution is 5.98. The van der Waals surface area contributed by atoms with Gasteiger partial charge in [0.15, 0.2) is 5.84 Å². The maximum atomic E-state index is 8.62. The second-order valence-corrected chi connectivity index (χ2v) is 3.15. The first kappa shape index (κ1) is 10.5. The van der Waals surface area contributed by atoms with E-state index in [-0.39, 0.29) is 11.9 Å². The summed E-state index contributed by atoms with van der Waals surface area (Å²) in [5.74, 6) is 0.523. The molecule has 3 N–H and O–H groups in total. The average Bonchev–Trinajstić information content (AvgIpc) is 2.16. The molecule has 0 aliphatic heterocycles. The van der Waals surface area contributed by atoms with Gasteiger partial charge in [-0.05, 0) is 26.0 Å². The minimum absolute atomic E-state index is 0.0441. The number of rotatable bonds is 3. The Morgan fingerprint density at radius 2 is 2.07 bits per heavy atom. The molecule has 0 fully saturated rings. The second kappa shape index (κ2) is 4.62. The minimum atomic E-state index is -0.0683. The molecule has 4 heteroatoms. The lowest BCUT2D eigenvalue weighted by Crippen LogP contribution is -2.20. The zero-order valence-corrected chi connectivity index (χ0v) is 8.24. The SMILES string of the molecule is CC(C)Oc1ccccc1C(=N)NO. The molecule has 14 heavy (non-hydrogen) atoms. The van der Waals surface area contributed by atoms with E-state index in [0.29, 0.717) is 11.3 Å². The zero-order chi connectivity index (χ0) is 10.6. The predicted molar refractivity (Wildman–Crippen MR) is 54.0 cm³/mol. The molecule has 0 bridgehead atoms. The van der Waals surface area contributed by atoms with Crippen LogP contribution in [-0.2, 0) is 0 Å². The van der Waals surface area contributed by atoms with Gasteiger partial charge in [0.1, 0.15) is 5.75 Å². The number of nitrogens with one attached hydrogen (secondary N) is 2. The summed E-state index contributed by atoms with van der Waals surface area (Å²) in [6.07, 6.45) is 0.0441. The van der Waals surface area contributed by atoms with Crippen LogP contribution in [0.25, 0.3) is 0 Å². The van der Waals surface area contributed by atoms with E-state index in [0.717, 1.165) is 0 Å². The van der Waals surface area contributed by atoms with Crippen LogP contribution < -0.4 is 10.2 Å².